The van der Waals surface area contributed by atoms with E-state index in [0.29, 0.717) is 6.61 Å². The first kappa shape index (κ1) is 11.4. The zero-order valence-corrected chi connectivity index (χ0v) is 7.93. The fourth-order valence-electron chi connectivity index (χ4n) is 1.08. The van der Waals surface area contributed by atoms with Gasteiger partial charge in [0.1, 0.15) is 11.8 Å². The van der Waals surface area contributed by atoms with Gasteiger partial charge in [-0.2, -0.15) is 18.4 Å². The molecule has 0 spiro atoms. The maximum atomic E-state index is 12.3. The van der Waals surface area contributed by atoms with Gasteiger partial charge in [-0.3, -0.25) is 0 Å². The first-order valence-corrected chi connectivity index (χ1v) is 4.23. The number of alkyl halides is 3. The number of nitriles is 1. The van der Waals surface area contributed by atoms with Gasteiger partial charge in [0, 0.05) is 0 Å². The van der Waals surface area contributed by atoms with Crippen molar-refractivity contribution in [2.45, 2.75) is 13.1 Å². The van der Waals surface area contributed by atoms with Gasteiger partial charge >= 0.3 is 6.18 Å². The van der Waals surface area contributed by atoms with Gasteiger partial charge in [0.25, 0.3) is 0 Å². The Labute approximate surface area is 84.9 Å². The van der Waals surface area contributed by atoms with Crippen LogP contribution in [0, 0.1) is 11.3 Å². The molecule has 0 bridgehead atoms. The summed E-state index contributed by atoms with van der Waals surface area (Å²) in [6.07, 6.45) is -4.43. The van der Waals surface area contributed by atoms with Gasteiger partial charge in [-0.15, -0.1) is 0 Å². The Balaban J connectivity index is 3.15. The van der Waals surface area contributed by atoms with Crippen LogP contribution in [0.1, 0.15) is 18.1 Å². The summed E-state index contributed by atoms with van der Waals surface area (Å²) in [6, 6.07) is 4.50. The minimum Gasteiger partial charge on any atom is -0.492 e. The Bertz CT molecular complexity index is 393. The van der Waals surface area contributed by atoms with E-state index in [1.54, 1.807) is 13.0 Å². The summed E-state index contributed by atoms with van der Waals surface area (Å²) < 4.78 is 41.8. The summed E-state index contributed by atoms with van der Waals surface area (Å²) in [6.45, 7) is 2.00. The Kier molecular flexibility index (Phi) is 3.20. The van der Waals surface area contributed by atoms with Crippen LogP contribution in [-0.4, -0.2) is 6.61 Å². The molecule has 0 heterocycles. The standard InChI is InChI=1S/C10H8F3NO/c1-2-15-9-4-3-8(10(11,12)13)5-7(9)6-14/h3-5H,2H2,1H3. The average molecular weight is 215 g/mol. The van der Waals surface area contributed by atoms with Crippen molar-refractivity contribution in [3.05, 3.63) is 29.3 Å². The van der Waals surface area contributed by atoms with E-state index in [9.17, 15) is 13.2 Å². The molecule has 0 atom stereocenters. The molecule has 0 fully saturated rings. The molecule has 0 aliphatic rings. The smallest absolute Gasteiger partial charge is 0.416 e. The predicted molar refractivity (Wildman–Crippen MR) is 47.3 cm³/mol. The zero-order chi connectivity index (χ0) is 11.5. The Hall–Kier alpha value is -1.70. The molecule has 1 aromatic rings. The molecule has 5 heteroatoms. The molecule has 0 saturated heterocycles. The van der Waals surface area contributed by atoms with Crippen LogP contribution in [0.5, 0.6) is 5.75 Å². The van der Waals surface area contributed by atoms with Gasteiger partial charge in [0.2, 0.25) is 0 Å². The third-order valence-corrected chi connectivity index (χ3v) is 1.73. The van der Waals surface area contributed by atoms with E-state index in [1.165, 1.54) is 0 Å². The quantitative estimate of drug-likeness (QED) is 0.759. The third kappa shape index (κ3) is 2.62. The molecule has 0 radical (unpaired) electrons. The van der Waals surface area contributed by atoms with Crippen molar-refractivity contribution in [1.29, 1.82) is 5.26 Å². The SMILES string of the molecule is CCOc1ccc(C(F)(F)F)cc1C#N. The Morgan fingerprint density at radius 1 is 1.40 bits per heavy atom. The zero-order valence-electron chi connectivity index (χ0n) is 7.93. The molecule has 0 saturated carbocycles. The van der Waals surface area contributed by atoms with Crippen molar-refractivity contribution in [2.24, 2.45) is 0 Å². The minimum atomic E-state index is -4.43. The topological polar surface area (TPSA) is 33.0 Å². The molecule has 0 amide bonds. The van der Waals surface area contributed by atoms with Crippen LogP contribution < -0.4 is 4.74 Å². The summed E-state index contributed by atoms with van der Waals surface area (Å²) >= 11 is 0. The van der Waals surface area contributed by atoms with E-state index < -0.39 is 11.7 Å². The molecule has 0 aliphatic carbocycles. The highest BCUT2D eigenvalue weighted by atomic mass is 19.4. The molecule has 1 aromatic carbocycles. The summed E-state index contributed by atoms with van der Waals surface area (Å²) in [5, 5.41) is 8.64. The molecular weight excluding hydrogens is 207 g/mol. The van der Waals surface area contributed by atoms with E-state index >= 15 is 0 Å². The normalized spacial score (nSPS) is 10.9. The van der Waals surface area contributed by atoms with Gasteiger partial charge in [0.05, 0.1) is 17.7 Å². The highest BCUT2D eigenvalue weighted by molar-refractivity contribution is 5.46. The second-order valence-corrected chi connectivity index (χ2v) is 2.75. The number of benzene rings is 1. The second-order valence-electron chi connectivity index (χ2n) is 2.75. The van der Waals surface area contributed by atoms with Crippen molar-refractivity contribution in [3.8, 4) is 11.8 Å². The van der Waals surface area contributed by atoms with Crippen LogP contribution in [0.25, 0.3) is 0 Å². The van der Waals surface area contributed by atoms with Crippen LogP contribution in [0.3, 0.4) is 0 Å². The van der Waals surface area contributed by atoms with E-state index in [0.717, 1.165) is 18.2 Å². The first-order chi connectivity index (χ1) is 6.99. The molecule has 1 rings (SSSR count). The Morgan fingerprint density at radius 3 is 2.53 bits per heavy atom. The molecular formula is C10H8F3NO. The second kappa shape index (κ2) is 4.22. The van der Waals surface area contributed by atoms with Crippen LogP contribution in [0.4, 0.5) is 13.2 Å². The van der Waals surface area contributed by atoms with Crippen molar-refractivity contribution in [1.82, 2.24) is 0 Å². The summed E-state index contributed by atoms with van der Waals surface area (Å²) in [5.74, 6) is 0.174. The lowest BCUT2D eigenvalue weighted by atomic mass is 10.1. The average Bonchev–Trinajstić information content (AvgIpc) is 2.17. The van der Waals surface area contributed by atoms with Crippen molar-refractivity contribution >= 4 is 0 Å². The highest BCUT2D eigenvalue weighted by Crippen LogP contribution is 2.32. The molecule has 2 nitrogen and oxygen atoms in total. The summed E-state index contributed by atoms with van der Waals surface area (Å²) in [7, 11) is 0. The maximum absolute atomic E-state index is 12.3. The van der Waals surface area contributed by atoms with E-state index in [1.807, 2.05) is 0 Å². The van der Waals surface area contributed by atoms with Crippen LogP contribution in [0.15, 0.2) is 18.2 Å². The minimum absolute atomic E-state index is 0.105. The number of nitrogens with zero attached hydrogens (tertiary/aromatic N) is 1. The van der Waals surface area contributed by atoms with Gasteiger partial charge in [0.15, 0.2) is 0 Å². The maximum Gasteiger partial charge on any atom is 0.416 e. The molecule has 15 heavy (non-hydrogen) atoms. The fourth-order valence-corrected chi connectivity index (χ4v) is 1.08. The van der Waals surface area contributed by atoms with Crippen LogP contribution >= 0.6 is 0 Å². The largest absolute Gasteiger partial charge is 0.492 e. The number of hydrogen-bond donors (Lipinski definition) is 0. The molecule has 80 valence electrons. The van der Waals surface area contributed by atoms with Crippen molar-refractivity contribution < 1.29 is 17.9 Å². The molecule has 0 aromatic heterocycles. The highest BCUT2D eigenvalue weighted by Gasteiger charge is 2.31. The van der Waals surface area contributed by atoms with Gasteiger partial charge in [-0.25, -0.2) is 0 Å². The fraction of sp³-hybridized carbons (Fsp3) is 0.300. The van der Waals surface area contributed by atoms with E-state index in [2.05, 4.69) is 0 Å². The Morgan fingerprint density at radius 2 is 2.07 bits per heavy atom. The summed E-state index contributed by atoms with van der Waals surface area (Å²) in [4.78, 5) is 0. The lowest BCUT2D eigenvalue weighted by Crippen LogP contribution is -2.06. The predicted octanol–water partition coefficient (Wildman–Crippen LogP) is 2.98. The van der Waals surface area contributed by atoms with Crippen molar-refractivity contribution in [3.63, 3.8) is 0 Å². The monoisotopic (exact) mass is 215 g/mol. The van der Waals surface area contributed by atoms with Gasteiger partial charge in [-0.1, -0.05) is 0 Å². The first-order valence-electron chi connectivity index (χ1n) is 4.23. The van der Waals surface area contributed by atoms with E-state index in [-0.39, 0.29) is 11.3 Å². The molecule has 0 aliphatic heterocycles. The lowest BCUT2D eigenvalue weighted by Gasteiger charge is -2.09. The number of ether oxygens (including phenoxy) is 1. The van der Waals surface area contributed by atoms with E-state index in [4.69, 9.17) is 10.00 Å². The molecule has 0 unspecified atom stereocenters. The summed E-state index contributed by atoms with van der Waals surface area (Å²) in [5.41, 5.74) is -0.950. The van der Waals surface area contributed by atoms with Crippen LogP contribution in [-0.2, 0) is 6.18 Å². The number of halogens is 3. The molecule has 0 N–H and O–H groups in total. The van der Waals surface area contributed by atoms with Gasteiger partial charge in [-0.05, 0) is 25.1 Å². The number of hydrogen-bond acceptors (Lipinski definition) is 2. The van der Waals surface area contributed by atoms with Crippen molar-refractivity contribution in [2.75, 3.05) is 6.61 Å². The lowest BCUT2D eigenvalue weighted by molar-refractivity contribution is -0.137. The number of rotatable bonds is 2. The third-order valence-electron chi connectivity index (χ3n) is 1.73. The van der Waals surface area contributed by atoms with Gasteiger partial charge < -0.3 is 4.74 Å². The van der Waals surface area contributed by atoms with Crippen LogP contribution in [0.2, 0.25) is 0 Å².